The van der Waals surface area contributed by atoms with Gasteiger partial charge >= 0.3 is 23.9 Å². The molecule has 0 bridgehead atoms. The van der Waals surface area contributed by atoms with Crippen molar-refractivity contribution in [3.63, 3.8) is 0 Å². The van der Waals surface area contributed by atoms with Gasteiger partial charge in [0.25, 0.3) is 0 Å². The van der Waals surface area contributed by atoms with Crippen LogP contribution in [0.25, 0.3) is 0 Å². The molecule has 5 atom stereocenters. The maximum Gasteiger partial charge on any atom is 0.335 e. The number of carboxylic acids is 4. The first-order chi connectivity index (χ1) is 18.0. The highest BCUT2D eigenvalue weighted by Crippen LogP contribution is 2.22. The number of hydrogen-bond acceptors (Lipinski definition) is 10. The van der Waals surface area contributed by atoms with Gasteiger partial charge < -0.3 is 46.2 Å². The van der Waals surface area contributed by atoms with Gasteiger partial charge in [-0.3, -0.25) is 4.90 Å². The number of aliphatic hydroxyl groups excluding tert-OH is 4. The van der Waals surface area contributed by atoms with Crippen LogP contribution < -0.4 is 5.32 Å². The summed E-state index contributed by atoms with van der Waals surface area (Å²) in [6.07, 6.45) is -7.89. The molecule has 0 aromatic heterocycles. The summed E-state index contributed by atoms with van der Waals surface area (Å²) < 4.78 is 13.1. The maximum atomic E-state index is 13.1. The molecular weight excluding hydrogens is 551 g/mol. The molecule has 1 fully saturated rings. The minimum absolute atomic E-state index is 0.272. The van der Waals surface area contributed by atoms with Gasteiger partial charge in [0.2, 0.25) is 0 Å². The van der Waals surface area contributed by atoms with E-state index in [2.05, 4.69) is 24.1 Å². The summed E-state index contributed by atoms with van der Waals surface area (Å²) >= 11 is 6.13. The Kier molecular flexibility index (Phi) is 16.3. The lowest BCUT2D eigenvalue weighted by Gasteiger charge is -2.30. The summed E-state index contributed by atoms with van der Waals surface area (Å²) in [7, 11) is 0. The number of aliphatic hydroxyl groups is 4. The van der Waals surface area contributed by atoms with Crippen molar-refractivity contribution in [3.8, 4) is 0 Å². The quantitative estimate of drug-likeness (QED) is 0.152. The van der Waals surface area contributed by atoms with Crippen LogP contribution in [-0.2, 0) is 25.7 Å². The van der Waals surface area contributed by atoms with Gasteiger partial charge in [-0.25, -0.2) is 23.6 Å². The average molecular weight is 585 g/mol. The van der Waals surface area contributed by atoms with E-state index in [1.165, 1.54) is 18.6 Å². The topological polar surface area (TPSA) is 245 Å². The molecule has 16 heteroatoms. The van der Waals surface area contributed by atoms with Crippen LogP contribution in [0.4, 0.5) is 4.39 Å². The second-order valence-corrected chi connectivity index (χ2v) is 9.25. The van der Waals surface area contributed by atoms with Gasteiger partial charge in [0.1, 0.15) is 5.82 Å². The Bertz CT molecular complexity index is 889. The molecule has 1 aliphatic rings. The Morgan fingerprint density at radius 1 is 0.923 bits per heavy atom. The highest BCUT2D eigenvalue weighted by molar-refractivity contribution is 6.31. The van der Waals surface area contributed by atoms with Crippen LogP contribution in [0.3, 0.4) is 0 Å². The van der Waals surface area contributed by atoms with Crippen LogP contribution in [-0.4, -0.2) is 120 Å². The van der Waals surface area contributed by atoms with Crippen LogP contribution in [0.2, 0.25) is 5.02 Å². The number of aliphatic carboxylic acids is 4. The third-order valence-electron chi connectivity index (χ3n) is 5.15. The van der Waals surface area contributed by atoms with Crippen LogP contribution >= 0.6 is 11.6 Å². The predicted molar refractivity (Wildman–Crippen MR) is 133 cm³/mol. The zero-order valence-corrected chi connectivity index (χ0v) is 21.9. The van der Waals surface area contributed by atoms with Crippen molar-refractivity contribution in [2.24, 2.45) is 5.92 Å². The molecule has 222 valence electrons. The molecule has 0 radical (unpaired) electrons. The van der Waals surface area contributed by atoms with E-state index in [9.17, 15) is 23.6 Å². The average Bonchev–Trinajstić information content (AvgIpc) is 3.38. The second kappa shape index (κ2) is 17.6. The Labute approximate surface area is 227 Å². The molecule has 1 aliphatic heterocycles. The zero-order chi connectivity index (χ0) is 30.4. The predicted octanol–water partition coefficient (Wildman–Crippen LogP) is -0.946. The Morgan fingerprint density at radius 3 is 1.67 bits per heavy atom. The summed E-state index contributed by atoms with van der Waals surface area (Å²) in [5.41, 5.74) is 1.01. The van der Waals surface area contributed by atoms with Gasteiger partial charge in [-0.05, 0) is 36.6 Å². The van der Waals surface area contributed by atoms with Crippen molar-refractivity contribution in [2.75, 3.05) is 19.6 Å². The highest BCUT2D eigenvalue weighted by Gasteiger charge is 2.30. The van der Waals surface area contributed by atoms with E-state index >= 15 is 0 Å². The molecule has 9 N–H and O–H groups in total. The largest absolute Gasteiger partial charge is 0.479 e. The number of carbonyl (C=O) groups is 4. The summed E-state index contributed by atoms with van der Waals surface area (Å²) in [4.78, 5) is 41.5. The fraction of sp³-hybridized carbons (Fsp3) is 0.565. The van der Waals surface area contributed by atoms with E-state index < -0.39 is 48.3 Å². The number of rotatable bonds is 11. The highest BCUT2D eigenvalue weighted by atomic mass is 35.5. The number of benzene rings is 1. The van der Waals surface area contributed by atoms with Crippen LogP contribution in [0, 0.1) is 11.7 Å². The minimum atomic E-state index is -2.27. The molecule has 2 rings (SSSR count). The number of nitrogens with one attached hydrogen (secondary N) is 1. The van der Waals surface area contributed by atoms with Gasteiger partial charge in [-0.2, -0.15) is 0 Å². The van der Waals surface area contributed by atoms with E-state index in [0.717, 1.165) is 31.7 Å². The fourth-order valence-electron chi connectivity index (χ4n) is 3.17. The normalized spacial score (nSPS) is 17.6. The molecule has 0 unspecified atom stereocenters. The molecule has 1 aromatic carbocycles. The first-order valence-electron chi connectivity index (χ1n) is 11.5. The molecule has 0 saturated carbocycles. The monoisotopic (exact) mass is 584 g/mol. The van der Waals surface area contributed by atoms with Crippen molar-refractivity contribution in [3.05, 3.63) is 34.6 Å². The molecule has 0 spiro atoms. The smallest absolute Gasteiger partial charge is 0.335 e. The Balaban J connectivity index is 0.000000616. The lowest BCUT2D eigenvalue weighted by molar-refractivity contribution is -0.165. The molecule has 1 heterocycles. The third kappa shape index (κ3) is 13.6. The standard InChI is InChI=1S/C15H22ClFN2.2C4H6O6/c1-11(2)9-19(14-5-6-18-8-14)10-12-3-4-13(17)7-15(12)16;2*5-1(3(7)8)2(6)4(9)10/h3-4,7,11,14,18H,5-6,8-10H2,1-2H3;2*1-2,5-6H,(H,7,8)(H,9,10)/t14-;2*1-,2-/m000/s1. The molecular formula is C23H34ClFN2O12. The molecule has 39 heavy (non-hydrogen) atoms. The molecule has 14 nitrogen and oxygen atoms in total. The lowest BCUT2D eigenvalue weighted by atomic mass is 10.1. The third-order valence-corrected chi connectivity index (χ3v) is 5.50. The SMILES string of the molecule is CC(C)CN(Cc1ccc(F)cc1Cl)[C@H]1CCNC1.O=C(O)[C@@H](O)[C@H](O)C(=O)O.O=C(O)[C@@H](O)[C@H](O)C(=O)O. The van der Waals surface area contributed by atoms with Crippen molar-refractivity contribution in [1.29, 1.82) is 0 Å². The van der Waals surface area contributed by atoms with Crippen molar-refractivity contribution >= 4 is 35.5 Å². The van der Waals surface area contributed by atoms with Gasteiger partial charge in [-0.15, -0.1) is 0 Å². The molecule has 0 aliphatic carbocycles. The fourth-order valence-corrected chi connectivity index (χ4v) is 3.40. The lowest BCUT2D eigenvalue weighted by Crippen LogP contribution is -2.39. The van der Waals surface area contributed by atoms with Crippen molar-refractivity contribution in [1.82, 2.24) is 10.2 Å². The van der Waals surface area contributed by atoms with E-state index in [0.29, 0.717) is 17.0 Å². The minimum Gasteiger partial charge on any atom is -0.479 e. The maximum absolute atomic E-state index is 13.1. The Hall–Kier alpha value is -2.92. The summed E-state index contributed by atoms with van der Waals surface area (Å²) in [6, 6.07) is 5.25. The molecule has 0 amide bonds. The van der Waals surface area contributed by atoms with Gasteiger partial charge in [0.05, 0.1) is 0 Å². The van der Waals surface area contributed by atoms with E-state index in [4.69, 9.17) is 52.5 Å². The van der Waals surface area contributed by atoms with Gasteiger partial charge in [0.15, 0.2) is 24.4 Å². The second-order valence-electron chi connectivity index (χ2n) is 8.84. The Morgan fingerprint density at radius 2 is 1.36 bits per heavy atom. The van der Waals surface area contributed by atoms with Crippen molar-refractivity contribution in [2.45, 2.75) is 57.3 Å². The number of carboxylic acid groups (broad SMARTS) is 4. The summed E-state index contributed by atoms with van der Waals surface area (Å²) in [5, 5.41) is 69.0. The summed E-state index contributed by atoms with van der Waals surface area (Å²) in [5.74, 6) is -6.74. The van der Waals surface area contributed by atoms with Crippen LogP contribution in [0.15, 0.2) is 18.2 Å². The van der Waals surface area contributed by atoms with Crippen LogP contribution in [0.1, 0.15) is 25.8 Å². The van der Waals surface area contributed by atoms with E-state index in [1.807, 2.05) is 0 Å². The molecule has 1 aromatic rings. The van der Waals surface area contributed by atoms with E-state index in [1.54, 1.807) is 6.07 Å². The number of hydrogen-bond donors (Lipinski definition) is 9. The van der Waals surface area contributed by atoms with Gasteiger partial charge in [-0.1, -0.05) is 31.5 Å². The van der Waals surface area contributed by atoms with Gasteiger partial charge in [0, 0.05) is 30.7 Å². The first-order valence-corrected chi connectivity index (χ1v) is 11.9. The summed E-state index contributed by atoms with van der Waals surface area (Å²) in [6.45, 7) is 8.40. The van der Waals surface area contributed by atoms with Crippen LogP contribution in [0.5, 0.6) is 0 Å². The number of halogens is 2. The molecule has 1 saturated heterocycles. The number of nitrogens with zero attached hydrogens (tertiary/aromatic N) is 1. The first kappa shape index (κ1) is 36.1. The zero-order valence-electron chi connectivity index (χ0n) is 21.1. The van der Waals surface area contributed by atoms with E-state index in [-0.39, 0.29) is 5.82 Å². The van der Waals surface area contributed by atoms with Crippen molar-refractivity contribution < 1.29 is 64.4 Å².